The van der Waals surface area contributed by atoms with Gasteiger partial charge in [0, 0.05) is 30.0 Å². The van der Waals surface area contributed by atoms with Crippen molar-refractivity contribution in [3.05, 3.63) is 21.9 Å². The van der Waals surface area contributed by atoms with E-state index in [4.69, 9.17) is 4.74 Å². The summed E-state index contributed by atoms with van der Waals surface area (Å²) in [6, 6.07) is 2.75. The lowest BCUT2D eigenvalue weighted by Crippen LogP contribution is -2.30. The third-order valence-corrected chi connectivity index (χ3v) is 4.24. The number of rotatable bonds is 4. The van der Waals surface area contributed by atoms with E-state index in [1.807, 2.05) is 11.3 Å². The normalized spacial score (nSPS) is 25.5. The molecular weight excluding hydrogens is 218 g/mol. The highest BCUT2D eigenvalue weighted by Crippen LogP contribution is 2.38. The molecule has 1 saturated heterocycles. The van der Waals surface area contributed by atoms with Crippen LogP contribution in [-0.4, -0.2) is 19.2 Å². The van der Waals surface area contributed by atoms with Crippen LogP contribution in [0.1, 0.15) is 36.8 Å². The maximum absolute atomic E-state index is 5.89. The minimum atomic E-state index is 0.325. The number of ether oxygens (including phenoxy) is 1. The van der Waals surface area contributed by atoms with Crippen LogP contribution in [-0.2, 0) is 4.74 Å². The molecule has 1 aliphatic heterocycles. The first-order valence-electron chi connectivity index (χ1n) is 6.07. The van der Waals surface area contributed by atoms with E-state index >= 15 is 0 Å². The number of hydrogen-bond donors (Lipinski definition) is 1. The van der Waals surface area contributed by atoms with Gasteiger partial charge in [0.2, 0.25) is 0 Å². The van der Waals surface area contributed by atoms with Gasteiger partial charge in [-0.05, 0) is 30.4 Å². The Morgan fingerprint density at radius 1 is 1.56 bits per heavy atom. The lowest BCUT2D eigenvalue weighted by molar-refractivity contribution is 0.0925. The van der Waals surface area contributed by atoms with Gasteiger partial charge in [-0.2, -0.15) is 0 Å². The Labute approximate surface area is 102 Å². The standard InChI is InChI=1S/C13H21NOS/c1-9(2)14-8-11-4-6-15-12(11)13-10(3)5-7-16-13/h5,7,9,11-12,14H,4,6,8H2,1-3H3. The van der Waals surface area contributed by atoms with Gasteiger partial charge in [0.05, 0.1) is 6.10 Å². The van der Waals surface area contributed by atoms with Crippen LogP contribution in [0.2, 0.25) is 0 Å². The molecule has 1 N–H and O–H groups in total. The molecule has 1 aromatic heterocycles. The SMILES string of the molecule is Cc1ccsc1C1OCCC1CNC(C)C. The van der Waals surface area contributed by atoms with Crippen molar-refractivity contribution in [2.45, 2.75) is 39.3 Å². The molecule has 2 heterocycles. The molecule has 16 heavy (non-hydrogen) atoms. The quantitative estimate of drug-likeness (QED) is 0.871. The van der Waals surface area contributed by atoms with Crippen molar-refractivity contribution in [3.8, 4) is 0 Å². The Morgan fingerprint density at radius 3 is 3.00 bits per heavy atom. The van der Waals surface area contributed by atoms with Crippen LogP contribution in [0, 0.1) is 12.8 Å². The molecule has 90 valence electrons. The highest BCUT2D eigenvalue weighted by atomic mass is 32.1. The first-order chi connectivity index (χ1) is 7.68. The van der Waals surface area contributed by atoms with Crippen LogP contribution in [0.5, 0.6) is 0 Å². The van der Waals surface area contributed by atoms with E-state index in [1.54, 1.807) is 0 Å². The van der Waals surface area contributed by atoms with E-state index in [9.17, 15) is 0 Å². The second kappa shape index (κ2) is 5.30. The van der Waals surface area contributed by atoms with Crippen LogP contribution < -0.4 is 5.32 Å². The molecule has 0 amide bonds. The predicted molar refractivity (Wildman–Crippen MR) is 69.0 cm³/mol. The molecule has 2 nitrogen and oxygen atoms in total. The van der Waals surface area contributed by atoms with Gasteiger partial charge in [-0.3, -0.25) is 0 Å². The van der Waals surface area contributed by atoms with Gasteiger partial charge in [-0.25, -0.2) is 0 Å². The zero-order chi connectivity index (χ0) is 11.5. The van der Waals surface area contributed by atoms with Crippen molar-refractivity contribution in [2.24, 2.45) is 5.92 Å². The first-order valence-corrected chi connectivity index (χ1v) is 6.95. The smallest absolute Gasteiger partial charge is 0.0960 e. The Balaban J connectivity index is 2.01. The monoisotopic (exact) mass is 239 g/mol. The third kappa shape index (κ3) is 2.65. The summed E-state index contributed by atoms with van der Waals surface area (Å²) in [5, 5.41) is 5.69. The largest absolute Gasteiger partial charge is 0.372 e. The fraction of sp³-hybridized carbons (Fsp3) is 0.692. The zero-order valence-corrected chi connectivity index (χ0v) is 11.1. The van der Waals surface area contributed by atoms with E-state index in [0.29, 0.717) is 18.1 Å². The molecule has 0 aliphatic carbocycles. The summed E-state index contributed by atoms with van der Waals surface area (Å²) in [4.78, 5) is 1.42. The topological polar surface area (TPSA) is 21.3 Å². The number of nitrogens with one attached hydrogen (secondary N) is 1. The fourth-order valence-electron chi connectivity index (χ4n) is 2.20. The van der Waals surface area contributed by atoms with E-state index in [0.717, 1.165) is 13.2 Å². The van der Waals surface area contributed by atoms with Crippen LogP contribution in [0.25, 0.3) is 0 Å². The van der Waals surface area contributed by atoms with Gasteiger partial charge >= 0.3 is 0 Å². The van der Waals surface area contributed by atoms with Gasteiger partial charge in [0.1, 0.15) is 0 Å². The molecular formula is C13H21NOS. The second-order valence-corrected chi connectivity index (χ2v) is 5.82. The van der Waals surface area contributed by atoms with Gasteiger partial charge in [0.25, 0.3) is 0 Å². The van der Waals surface area contributed by atoms with Crippen molar-refractivity contribution < 1.29 is 4.74 Å². The Hall–Kier alpha value is -0.380. The van der Waals surface area contributed by atoms with Crippen molar-refractivity contribution in [1.82, 2.24) is 5.32 Å². The summed E-state index contributed by atoms with van der Waals surface area (Å²) < 4.78 is 5.89. The summed E-state index contributed by atoms with van der Waals surface area (Å²) in [6.45, 7) is 8.55. The second-order valence-electron chi connectivity index (χ2n) is 4.87. The summed E-state index contributed by atoms with van der Waals surface area (Å²) in [5.74, 6) is 0.639. The first kappa shape index (κ1) is 12.1. The number of aryl methyl sites for hydroxylation is 1. The van der Waals surface area contributed by atoms with Crippen LogP contribution in [0.3, 0.4) is 0 Å². The molecule has 2 atom stereocenters. The Kier molecular flexibility index (Phi) is 4.00. The maximum Gasteiger partial charge on any atom is 0.0960 e. The summed E-state index contributed by atoms with van der Waals surface area (Å²) in [7, 11) is 0. The van der Waals surface area contributed by atoms with Crippen molar-refractivity contribution in [1.29, 1.82) is 0 Å². The molecule has 0 saturated carbocycles. The minimum Gasteiger partial charge on any atom is -0.372 e. The predicted octanol–water partition coefficient (Wildman–Crippen LogP) is 3.13. The molecule has 0 radical (unpaired) electrons. The molecule has 1 aliphatic rings. The average molecular weight is 239 g/mol. The molecule has 1 fully saturated rings. The summed E-state index contributed by atoms with van der Waals surface area (Å²) in [6.07, 6.45) is 1.51. The fourth-order valence-corrected chi connectivity index (χ4v) is 3.26. The van der Waals surface area contributed by atoms with Crippen molar-refractivity contribution in [2.75, 3.05) is 13.2 Å². The molecule has 0 spiro atoms. The van der Waals surface area contributed by atoms with Crippen molar-refractivity contribution in [3.63, 3.8) is 0 Å². The van der Waals surface area contributed by atoms with E-state index in [-0.39, 0.29) is 0 Å². The Morgan fingerprint density at radius 2 is 2.38 bits per heavy atom. The maximum atomic E-state index is 5.89. The minimum absolute atomic E-state index is 0.325. The third-order valence-electron chi connectivity index (χ3n) is 3.16. The molecule has 0 bridgehead atoms. The zero-order valence-electron chi connectivity index (χ0n) is 10.3. The summed E-state index contributed by atoms with van der Waals surface area (Å²) >= 11 is 1.83. The van der Waals surface area contributed by atoms with E-state index in [1.165, 1.54) is 16.9 Å². The van der Waals surface area contributed by atoms with Gasteiger partial charge < -0.3 is 10.1 Å². The summed E-state index contributed by atoms with van der Waals surface area (Å²) in [5.41, 5.74) is 1.38. The van der Waals surface area contributed by atoms with Gasteiger partial charge in [-0.15, -0.1) is 11.3 Å². The van der Waals surface area contributed by atoms with Crippen LogP contribution >= 0.6 is 11.3 Å². The average Bonchev–Trinajstić information content (AvgIpc) is 2.82. The number of thiophene rings is 1. The highest BCUT2D eigenvalue weighted by Gasteiger charge is 2.31. The van der Waals surface area contributed by atoms with Gasteiger partial charge in [0.15, 0.2) is 0 Å². The molecule has 0 aromatic carbocycles. The Bertz CT molecular complexity index is 334. The van der Waals surface area contributed by atoms with Crippen LogP contribution in [0.15, 0.2) is 11.4 Å². The van der Waals surface area contributed by atoms with E-state index in [2.05, 4.69) is 37.5 Å². The molecule has 2 unspecified atom stereocenters. The van der Waals surface area contributed by atoms with E-state index < -0.39 is 0 Å². The highest BCUT2D eigenvalue weighted by molar-refractivity contribution is 7.10. The lowest BCUT2D eigenvalue weighted by atomic mass is 9.98. The number of hydrogen-bond acceptors (Lipinski definition) is 3. The molecule has 1 aromatic rings. The van der Waals surface area contributed by atoms with Gasteiger partial charge in [-0.1, -0.05) is 13.8 Å². The van der Waals surface area contributed by atoms with Crippen molar-refractivity contribution >= 4 is 11.3 Å². The molecule has 2 rings (SSSR count). The van der Waals surface area contributed by atoms with Crippen LogP contribution in [0.4, 0.5) is 0 Å². The molecule has 3 heteroatoms. The lowest BCUT2D eigenvalue weighted by Gasteiger charge is -2.20.